The number of nitrogens with zero attached hydrogens (tertiary/aromatic N) is 4. The summed E-state index contributed by atoms with van der Waals surface area (Å²) in [5.41, 5.74) is -0.108. The van der Waals surface area contributed by atoms with E-state index in [1.807, 2.05) is 0 Å². The Morgan fingerprint density at radius 1 is 1.05 bits per heavy atom. The normalized spacial score (nSPS) is 12.5. The number of rotatable bonds is 0. The van der Waals surface area contributed by atoms with Crippen LogP contribution >= 0.6 is 34.8 Å². The molecular weight excluding hydrogens is 339 g/mol. The molecule has 0 spiro atoms. The molecule has 0 saturated carbocycles. The predicted molar refractivity (Wildman–Crippen MR) is 68.3 cm³/mol. The Morgan fingerprint density at radius 2 is 1.75 bits per heavy atom. The van der Waals surface area contributed by atoms with Crippen LogP contribution in [0.2, 0.25) is 15.2 Å². The van der Waals surface area contributed by atoms with Crippen LogP contribution in [0.25, 0.3) is 16.7 Å². The minimum Gasteiger partial charge on any atom is -0.267 e. The Bertz CT molecular complexity index is 843. The molecule has 4 nitrogen and oxygen atoms in total. The van der Waals surface area contributed by atoms with Gasteiger partial charge in [-0.2, -0.15) is 13.2 Å². The van der Waals surface area contributed by atoms with E-state index in [0.29, 0.717) is 0 Å². The van der Waals surface area contributed by atoms with Gasteiger partial charge in [0.25, 0.3) is 0 Å². The minimum atomic E-state index is -4.70. The summed E-state index contributed by atoms with van der Waals surface area (Å²) in [5.74, 6) is -1.22. The first kappa shape index (κ1) is 13.7. The summed E-state index contributed by atoms with van der Waals surface area (Å²) in [5, 5.41) is 6.53. The summed E-state index contributed by atoms with van der Waals surface area (Å²) in [6.07, 6.45) is -4.70. The van der Waals surface area contributed by atoms with E-state index < -0.39 is 12.0 Å². The molecule has 2 heterocycles. The molecule has 0 aliphatic carbocycles. The molecule has 0 atom stereocenters. The van der Waals surface area contributed by atoms with Gasteiger partial charge >= 0.3 is 6.18 Å². The molecule has 0 saturated heterocycles. The maximum absolute atomic E-state index is 13.0. The largest absolute Gasteiger partial charge is 0.452 e. The lowest BCUT2D eigenvalue weighted by Crippen LogP contribution is -2.11. The van der Waals surface area contributed by atoms with E-state index in [0.717, 1.165) is 4.40 Å². The Labute approximate surface area is 124 Å². The topological polar surface area (TPSA) is 43.1 Å². The predicted octanol–water partition coefficient (Wildman–Crippen LogP) is 4.26. The summed E-state index contributed by atoms with van der Waals surface area (Å²) < 4.78 is 39.6. The number of alkyl halides is 3. The van der Waals surface area contributed by atoms with Crippen molar-refractivity contribution in [3.8, 4) is 0 Å². The fraction of sp³-hybridized carbons (Fsp3) is 0.100. The zero-order valence-electron chi connectivity index (χ0n) is 9.21. The Kier molecular flexibility index (Phi) is 2.97. The minimum absolute atomic E-state index is 0.0271. The molecule has 0 amide bonds. The SMILES string of the molecule is FC(F)(F)c1nnc2c(Cl)nc3c(Cl)cc(Cl)cc3n12. The summed E-state index contributed by atoms with van der Waals surface area (Å²) in [4.78, 5) is 3.92. The van der Waals surface area contributed by atoms with Crippen molar-refractivity contribution in [2.24, 2.45) is 0 Å². The number of fused-ring (bicyclic) bond motifs is 3. The van der Waals surface area contributed by atoms with E-state index in [1.165, 1.54) is 12.1 Å². The highest BCUT2D eigenvalue weighted by molar-refractivity contribution is 6.39. The molecule has 0 radical (unpaired) electrons. The number of hydrogen-bond acceptors (Lipinski definition) is 3. The van der Waals surface area contributed by atoms with Gasteiger partial charge in [-0.05, 0) is 12.1 Å². The van der Waals surface area contributed by atoms with Crippen LogP contribution in [0, 0.1) is 0 Å². The Balaban J connectivity index is 2.59. The van der Waals surface area contributed by atoms with Crippen LogP contribution in [0.1, 0.15) is 5.82 Å². The summed E-state index contributed by atoms with van der Waals surface area (Å²) in [6, 6.07) is 2.65. The monoisotopic (exact) mass is 340 g/mol. The first-order valence-corrected chi connectivity index (χ1v) is 6.19. The molecular formula is C10H2Cl3F3N4. The van der Waals surface area contributed by atoms with Crippen LogP contribution in [0.4, 0.5) is 13.2 Å². The molecule has 0 fully saturated rings. The second-order valence-electron chi connectivity index (χ2n) is 3.84. The fourth-order valence-electron chi connectivity index (χ4n) is 1.81. The molecule has 0 bridgehead atoms. The van der Waals surface area contributed by atoms with E-state index in [2.05, 4.69) is 15.2 Å². The quantitative estimate of drug-likeness (QED) is 0.614. The number of hydrogen-bond donors (Lipinski definition) is 0. The van der Waals surface area contributed by atoms with Crippen molar-refractivity contribution < 1.29 is 13.2 Å². The summed E-state index contributed by atoms with van der Waals surface area (Å²) >= 11 is 17.6. The second kappa shape index (κ2) is 4.34. The number of halogens is 6. The van der Waals surface area contributed by atoms with E-state index in [1.54, 1.807) is 0 Å². The van der Waals surface area contributed by atoms with Crippen molar-refractivity contribution >= 4 is 51.5 Å². The lowest BCUT2D eigenvalue weighted by molar-refractivity contribution is -0.145. The van der Waals surface area contributed by atoms with Gasteiger partial charge in [-0.3, -0.25) is 4.40 Å². The van der Waals surface area contributed by atoms with E-state index >= 15 is 0 Å². The second-order valence-corrected chi connectivity index (χ2v) is 5.04. The standard InChI is InChI=1S/C10H2Cl3F3N4/c11-3-1-4(12)6-5(2-3)20-8(7(13)17-6)18-19-9(20)10(14,15)16/h1-2H. The van der Waals surface area contributed by atoms with Crippen LogP contribution in [0.5, 0.6) is 0 Å². The molecule has 0 N–H and O–H groups in total. The Hall–Kier alpha value is -1.31. The van der Waals surface area contributed by atoms with Crippen molar-refractivity contribution in [2.45, 2.75) is 6.18 Å². The number of benzene rings is 1. The van der Waals surface area contributed by atoms with Gasteiger partial charge in [0.05, 0.1) is 10.5 Å². The van der Waals surface area contributed by atoms with Crippen molar-refractivity contribution in [1.29, 1.82) is 0 Å². The summed E-state index contributed by atoms with van der Waals surface area (Å²) in [7, 11) is 0. The molecule has 10 heteroatoms. The molecule has 20 heavy (non-hydrogen) atoms. The summed E-state index contributed by atoms with van der Waals surface area (Å²) in [6.45, 7) is 0. The van der Waals surface area contributed by atoms with Crippen molar-refractivity contribution in [3.63, 3.8) is 0 Å². The number of aromatic nitrogens is 4. The first-order valence-electron chi connectivity index (χ1n) is 5.05. The molecule has 3 rings (SSSR count). The molecule has 2 aromatic heterocycles. The zero-order chi connectivity index (χ0) is 14.7. The van der Waals surface area contributed by atoms with Gasteiger partial charge < -0.3 is 0 Å². The van der Waals surface area contributed by atoms with Crippen LogP contribution < -0.4 is 0 Å². The van der Waals surface area contributed by atoms with Crippen molar-refractivity contribution in [3.05, 3.63) is 33.2 Å². The Morgan fingerprint density at radius 3 is 2.40 bits per heavy atom. The van der Waals surface area contributed by atoms with E-state index in [9.17, 15) is 13.2 Å². The van der Waals surface area contributed by atoms with Crippen molar-refractivity contribution in [2.75, 3.05) is 0 Å². The smallest absolute Gasteiger partial charge is 0.267 e. The molecule has 0 aliphatic rings. The molecule has 0 unspecified atom stereocenters. The molecule has 3 aromatic rings. The average molecular weight is 342 g/mol. The highest BCUT2D eigenvalue weighted by atomic mass is 35.5. The van der Waals surface area contributed by atoms with Crippen LogP contribution in [0.3, 0.4) is 0 Å². The molecule has 104 valence electrons. The zero-order valence-corrected chi connectivity index (χ0v) is 11.5. The highest BCUT2D eigenvalue weighted by Gasteiger charge is 2.38. The van der Waals surface area contributed by atoms with Crippen LogP contribution in [0.15, 0.2) is 12.1 Å². The van der Waals surface area contributed by atoms with E-state index in [4.69, 9.17) is 34.8 Å². The maximum atomic E-state index is 13.0. The first-order chi connectivity index (χ1) is 9.29. The molecule has 0 aliphatic heterocycles. The van der Waals surface area contributed by atoms with Gasteiger partial charge in [-0.25, -0.2) is 4.98 Å². The van der Waals surface area contributed by atoms with Crippen LogP contribution in [-0.4, -0.2) is 19.6 Å². The maximum Gasteiger partial charge on any atom is 0.452 e. The third kappa shape index (κ3) is 1.97. The third-order valence-corrected chi connectivity index (χ3v) is 3.32. The van der Waals surface area contributed by atoms with Gasteiger partial charge in [0, 0.05) is 5.02 Å². The van der Waals surface area contributed by atoms with Gasteiger partial charge in [-0.1, -0.05) is 34.8 Å². The van der Waals surface area contributed by atoms with Gasteiger partial charge in [0.2, 0.25) is 5.82 Å². The van der Waals surface area contributed by atoms with Gasteiger partial charge in [0.15, 0.2) is 10.8 Å². The van der Waals surface area contributed by atoms with Crippen molar-refractivity contribution in [1.82, 2.24) is 19.6 Å². The van der Waals surface area contributed by atoms with Gasteiger partial charge in [-0.15, -0.1) is 10.2 Å². The fourth-order valence-corrected chi connectivity index (χ4v) is 2.54. The van der Waals surface area contributed by atoms with Gasteiger partial charge in [0.1, 0.15) is 5.52 Å². The average Bonchev–Trinajstić information content (AvgIpc) is 2.76. The molecule has 1 aromatic carbocycles. The highest BCUT2D eigenvalue weighted by Crippen LogP contribution is 2.34. The lowest BCUT2D eigenvalue weighted by atomic mass is 10.3. The third-order valence-electron chi connectivity index (χ3n) is 2.56. The van der Waals surface area contributed by atoms with Crippen LogP contribution in [-0.2, 0) is 6.18 Å². The lowest BCUT2D eigenvalue weighted by Gasteiger charge is -2.09. The van der Waals surface area contributed by atoms with E-state index in [-0.39, 0.29) is 31.9 Å².